The Labute approximate surface area is 163 Å². The van der Waals surface area contributed by atoms with Crippen molar-refractivity contribution in [2.24, 2.45) is 0 Å². The third kappa shape index (κ3) is 4.01. The molecule has 0 unspecified atom stereocenters. The SMILES string of the molecule is Cc1ccc(C(=O)N(C)c2cc(-c3ccc(F)c(F)c3)sc2OC(=O)O)cc1. The van der Waals surface area contributed by atoms with Crippen LogP contribution in [0.15, 0.2) is 48.5 Å². The highest BCUT2D eigenvalue weighted by molar-refractivity contribution is 7.18. The van der Waals surface area contributed by atoms with Gasteiger partial charge in [0.25, 0.3) is 5.91 Å². The minimum absolute atomic E-state index is 0.0461. The quantitative estimate of drug-likeness (QED) is 0.598. The number of carbonyl (C=O) groups is 2. The van der Waals surface area contributed by atoms with Crippen molar-refractivity contribution in [3.8, 4) is 15.5 Å². The topological polar surface area (TPSA) is 66.8 Å². The molecular weight excluding hydrogens is 388 g/mol. The molecule has 3 aromatic rings. The van der Waals surface area contributed by atoms with E-state index in [1.807, 2.05) is 6.92 Å². The Hall–Kier alpha value is -3.26. The zero-order valence-electron chi connectivity index (χ0n) is 14.9. The van der Waals surface area contributed by atoms with Gasteiger partial charge in [-0.2, -0.15) is 0 Å². The van der Waals surface area contributed by atoms with Gasteiger partial charge in [-0.05, 0) is 42.8 Å². The molecule has 0 aliphatic rings. The van der Waals surface area contributed by atoms with Crippen molar-refractivity contribution >= 4 is 29.1 Å². The van der Waals surface area contributed by atoms with Gasteiger partial charge in [-0.15, -0.1) is 0 Å². The van der Waals surface area contributed by atoms with E-state index < -0.39 is 17.8 Å². The second-order valence-electron chi connectivity index (χ2n) is 6.01. The molecule has 5 nitrogen and oxygen atoms in total. The van der Waals surface area contributed by atoms with Crippen LogP contribution in [-0.2, 0) is 0 Å². The van der Waals surface area contributed by atoms with Crippen LogP contribution >= 0.6 is 11.3 Å². The summed E-state index contributed by atoms with van der Waals surface area (Å²) in [6, 6.07) is 11.7. The summed E-state index contributed by atoms with van der Waals surface area (Å²) in [6.07, 6.45) is -1.55. The lowest BCUT2D eigenvalue weighted by Crippen LogP contribution is -2.26. The summed E-state index contributed by atoms with van der Waals surface area (Å²) >= 11 is 0.913. The van der Waals surface area contributed by atoms with Crippen molar-refractivity contribution in [3.63, 3.8) is 0 Å². The summed E-state index contributed by atoms with van der Waals surface area (Å²) in [5.74, 6) is -2.39. The number of carboxylic acid groups (broad SMARTS) is 1. The van der Waals surface area contributed by atoms with Crippen molar-refractivity contribution in [3.05, 3.63) is 71.3 Å². The van der Waals surface area contributed by atoms with E-state index in [9.17, 15) is 18.4 Å². The van der Waals surface area contributed by atoms with Crippen LogP contribution < -0.4 is 9.64 Å². The lowest BCUT2D eigenvalue weighted by molar-refractivity contribution is 0.0991. The van der Waals surface area contributed by atoms with Crippen LogP contribution in [0.3, 0.4) is 0 Å². The van der Waals surface area contributed by atoms with Crippen molar-refractivity contribution in [1.29, 1.82) is 0 Å². The second-order valence-corrected chi connectivity index (χ2v) is 7.03. The van der Waals surface area contributed by atoms with Crippen molar-refractivity contribution < 1.29 is 28.2 Å². The first-order valence-electron chi connectivity index (χ1n) is 8.11. The standard InChI is InChI=1S/C20H15F2NO4S/c1-11-3-5-12(6-4-11)18(24)23(2)16-10-17(28-19(16)27-20(25)26)13-7-8-14(21)15(22)9-13/h3-10H,1-2H3,(H,25,26). The Kier molecular flexibility index (Phi) is 5.41. The molecule has 0 saturated carbocycles. The molecule has 0 aliphatic heterocycles. The summed E-state index contributed by atoms with van der Waals surface area (Å²) in [6.45, 7) is 1.89. The van der Waals surface area contributed by atoms with Crippen molar-refractivity contribution in [1.82, 2.24) is 0 Å². The minimum atomic E-state index is -1.55. The summed E-state index contributed by atoms with van der Waals surface area (Å²) in [7, 11) is 1.48. The van der Waals surface area contributed by atoms with Crippen LogP contribution in [0.25, 0.3) is 10.4 Å². The van der Waals surface area contributed by atoms with Gasteiger partial charge in [-0.3, -0.25) is 4.79 Å². The van der Waals surface area contributed by atoms with Crippen molar-refractivity contribution in [2.45, 2.75) is 6.92 Å². The Balaban J connectivity index is 2.01. The van der Waals surface area contributed by atoms with E-state index in [0.717, 1.165) is 29.0 Å². The van der Waals surface area contributed by atoms with Gasteiger partial charge in [0.1, 0.15) is 0 Å². The number of hydrogen-bond donors (Lipinski definition) is 1. The molecule has 3 rings (SSSR count). The zero-order valence-corrected chi connectivity index (χ0v) is 15.7. The lowest BCUT2D eigenvalue weighted by atomic mass is 10.1. The number of carbonyl (C=O) groups excluding carboxylic acids is 1. The fraction of sp³-hybridized carbons (Fsp3) is 0.100. The molecule has 1 amide bonds. The number of thiophene rings is 1. The number of benzene rings is 2. The molecule has 0 fully saturated rings. The number of ether oxygens (including phenoxy) is 1. The normalized spacial score (nSPS) is 10.6. The van der Waals surface area contributed by atoms with Crippen LogP contribution in [0.1, 0.15) is 15.9 Å². The first-order valence-corrected chi connectivity index (χ1v) is 8.92. The highest BCUT2D eigenvalue weighted by atomic mass is 32.1. The molecule has 28 heavy (non-hydrogen) atoms. The molecule has 0 aliphatic carbocycles. The summed E-state index contributed by atoms with van der Waals surface area (Å²) in [5, 5.41) is 8.94. The average molecular weight is 403 g/mol. The zero-order chi connectivity index (χ0) is 20.4. The Morgan fingerprint density at radius 3 is 2.32 bits per heavy atom. The number of aryl methyl sites for hydroxylation is 1. The lowest BCUT2D eigenvalue weighted by Gasteiger charge is -2.17. The van der Waals surface area contributed by atoms with E-state index >= 15 is 0 Å². The van der Waals surface area contributed by atoms with Gasteiger partial charge in [0, 0.05) is 17.5 Å². The average Bonchev–Trinajstić information content (AvgIpc) is 3.06. The van der Waals surface area contributed by atoms with Crippen LogP contribution in [-0.4, -0.2) is 24.2 Å². The van der Waals surface area contributed by atoms with E-state index in [1.165, 1.54) is 24.1 Å². The molecule has 0 spiro atoms. The highest BCUT2D eigenvalue weighted by Gasteiger charge is 2.23. The molecule has 1 heterocycles. The van der Waals surface area contributed by atoms with Gasteiger partial charge in [0.05, 0.1) is 5.69 Å². The third-order valence-electron chi connectivity index (χ3n) is 4.03. The number of hydrogen-bond acceptors (Lipinski definition) is 4. The predicted octanol–water partition coefficient (Wildman–Crippen LogP) is 5.34. The maximum Gasteiger partial charge on any atom is 0.512 e. The number of halogens is 2. The Bertz CT molecular complexity index is 1050. The Morgan fingerprint density at radius 1 is 1.04 bits per heavy atom. The maximum absolute atomic E-state index is 13.6. The van der Waals surface area contributed by atoms with Gasteiger partial charge in [-0.1, -0.05) is 35.1 Å². The molecule has 1 N–H and O–H groups in total. The van der Waals surface area contributed by atoms with Crippen LogP contribution in [0.5, 0.6) is 5.06 Å². The number of amides is 1. The molecule has 2 aromatic carbocycles. The van der Waals surface area contributed by atoms with E-state index in [2.05, 4.69) is 0 Å². The van der Waals surface area contributed by atoms with Gasteiger partial charge in [0.15, 0.2) is 11.6 Å². The molecule has 0 bridgehead atoms. The minimum Gasteiger partial charge on any atom is -0.449 e. The molecule has 0 atom stereocenters. The van der Waals surface area contributed by atoms with E-state index in [1.54, 1.807) is 24.3 Å². The van der Waals surface area contributed by atoms with E-state index in [-0.39, 0.29) is 16.7 Å². The van der Waals surface area contributed by atoms with E-state index in [4.69, 9.17) is 9.84 Å². The molecule has 0 radical (unpaired) electrons. The molecule has 1 aromatic heterocycles. The number of nitrogens with zero attached hydrogens (tertiary/aromatic N) is 1. The largest absolute Gasteiger partial charge is 0.512 e. The second kappa shape index (κ2) is 7.77. The highest BCUT2D eigenvalue weighted by Crippen LogP contribution is 2.43. The fourth-order valence-electron chi connectivity index (χ4n) is 2.54. The molecule has 8 heteroatoms. The summed E-state index contributed by atoms with van der Waals surface area (Å²) in [5.41, 5.74) is 1.94. The predicted molar refractivity (Wildman–Crippen MR) is 102 cm³/mol. The van der Waals surface area contributed by atoms with Crippen LogP contribution in [0, 0.1) is 18.6 Å². The van der Waals surface area contributed by atoms with Gasteiger partial charge in [0.2, 0.25) is 5.06 Å². The number of anilines is 1. The fourth-order valence-corrected chi connectivity index (χ4v) is 3.57. The van der Waals surface area contributed by atoms with Crippen molar-refractivity contribution in [2.75, 3.05) is 11.9 Å². The van der Waals surface area contributed by atoms with Gasteiger partial charge in [-0.25, -0.2) is 13.6 Å². The van der Waals surface area contributed by atoms with E-state index in [0.29, 0.717) is 16.0 Å². The Morgan fingerprint density at radius 2 is 1.71 bits per heavy atom. The molecular formula is C20H15F2NO4S. The maximum atomic E-state index is 13.6. The monoisotopic (exact) mass is 403 g/mol. The van der Waals surface area contributed by atoms with Gasteiger partial charge >= 0.3 is 6.16 Å². The molecule has 144 valence electrons. The first-order chi connectivity index (χ1) is 13.3. The van der Waals surface area contributed by atoms with Crippen LogP contribution in [0.2, 0.25) is 0 Å². The van der Waals surface area contributed by atoms with Gasteiger partial charge < -0.3 is 14.7 Å². The number of rotatable bonds is 4. The first kappa shape index (κ1) is 19.5. The molecule has 0 saturated heterocycles. The summed E-state index contributed by atoms with van der Waals surface area (Å²) in [4.78, 5) is 25.5. The van der Waals surface area contributed by atoms with Crippen LogP contribution in [0.4, 0.5) is 19.3 Å². The summed E-state index contributed by atoms with van der Waals surface area (Å²) < 4.78 is 31.6. The smallest absolute Gasteiger partial charge is 0.449 e. The third-order valence-corrected chi connectivity index (χ3v) is 5.08.